The van der Waals surface area contributed by atoms with Gasteiger partial charge in [0.25, 0.3) is 5.95 Å². The Bertz CT molecular complexity index is 1520. The molecule has 1 saturated carbocycles. The number of nitrogens with zero attached hydrogens (tertiary/aromatic N) is 6. The highest BCUT2D eigenvalue weighted by Crippen LogP contribution is 2.43. The van der Waals surface area contributed by atoms with Gasteiger partial charge in [-0.2, -0.15) is 28.7 Å². The van der Waals surface area contributed by atoms with E-state index in [1.807, 2.05) is 0 Å². The summed E-state index contributed by atoms with van der Waals surface area (Å²) in [4.78, 5) is 18.9. The maximum absolute atomic E-state index is 13.6. The average Bonchev–Trinajstić information content (AvgIpc) is 3.35. The molecule has 1 aliphatic heterocycles. The molecule has 1 fully saturated rings. The summed E-state index contributed by atoms with van der Waals surface area (Å²) in [6, 6.07) is 14.8. The standard InChI is InChI=1S/C28H24F3N7O/c1-17-23(16-33)24(19-12-10-18(15-32)11-13-19)38-27(37(17)22-9-5-8-21(14-22)28(29,30)31)35-26(36-38)34-25(39)20-6-3-2-4-7-20/h5,8-14,20,24H,2-4,6-7H2,1H3,(H,34,36,39)/t24-/m1/s1. The lowest BCUT2D eigenvalue weighted by atomic mass is 9.89. The number of halogens is 3. The highest BCUT2D eigenvalue weighted by atomic mass is 19.4. The lowest BCUT2D eigenvalue weighted by molar-refractivity contribution is -0.137. The Kier molecular flexibility index (Phi) is 6.83. The number of anilines is 3. The van der Waals surface area contributed by atoms with Crippen molar-refractivity contribution >= 4 is 23.5 Å². The van der Waals surface area contributed by atoms with E-state index in [0.29, 0.717) is 16.8 Å². The average molecular weight is 532 g/mol. The number of allylic oxidation sites excluding steroid dienone is 2. The maximum Gasteiger partial charge on any atom is 0.416 e. The van der Waals surface area contributed by atoms with Crippen LogP contribution in [0.4, 0.5) is 30.8 Å². The Hall–Kier alpha value is -4.64. The van der Waals surface area contributed by atoms with Gasteiger partial charge in [-0.1, -0.05) is 37.5 Å². The number of nitrogens with one attached hydrogen (secondary N) is 1. The van der Waals surface area contributed by atoms with Crippen LogP contribution in [0.15, 0.2) is 59.8 Å². The van der Waals surface area contributed by atoms with E-state index in [1.165, 1.54) is 21.7 Å². The van der Waals surface area contributed by atoms with Crippen molar-refractivity contribution in [2.75, 3.05) is 10.2 Å². The number of rotatable bonds is 4. The van der Waals surface area contributed by atoms with Gasteiger partial charge in [0.2, 0.25) is 11.9 Å². The number of amides is 1. The summed E-state index contributed by atoms with van der Waals surface area (Å²) >= 11 is 0. The Morgan fingerprint density at radius 3 is 2.41 bits per heavy atom. The van der Waals surface area contributed by atoms with Crippen molar-refractivity contribution in [1.82, 2.24) is 14.8 Å². The number of aromatic nitrogens is 3. The molecule has 0 spiro atoms. The van der Waals surface area contributed by atoms with E-state index in [0.717, 1.165) is 44.2 Å². The predicted octanol–water partition coefficient (Wildman–Crippen LogP) is 6.23. The zero-order valence-electron chi connectivity index (χ0n) is 21.0. The largest absolute Gasteiger partial charge is 0.416 e. The van der Waals surface area contributed by atoms with Gasteiger partial charge < -0.3 is 0 Å². The quantitative estimate of drug-likeness (QED) is 0.428. The van der Waals surface area contributed by atoms with Gasteiger partial charge in [-0.25, -0.2) is 4.68 Å². The van der Waals surface area contributed by atoms with Crippen LogP contribution in [0.5, 0.6) is 0 Å². The minimum Gasteiger partial charge on any atom is -0.293 e. The molecule has 8 nitrogen and oxygen atoms in total. The minimum atomic E-state index is -4.57. The van der Waals surface area contributed by atoms with Crippen LogP contribution in [0.25, 0.3) is 0 Å². The van der Waals surface area contributed by atoms with E-state index in [1.54, 1.807) is 31.2 Å². The van der Waals surface area contributed by atoms with E-state index in [9.17, 15) is 28.5 Å². The second-order valence-electron chi connectivity index (χ2n) is 9.63. The number of benzene rings is 2. The van der Waals surface area contributed by atoms with E-state index in [-0.39, 0.29) is 35.0 Å². The number of alkyl halides is 3. The molecule has 0 radical (unpaired) electrons. The Morgan fingerprint density at radius 2 is 1.77 bits per heavy atom. The third kappa shape index (κ3) is 4.96. The zero-order chi connectivity index (χ0) is 27.7. The summed E-state index contributed by atoms with van der Waals surface area (Å²) in [6.45, 7) is 1.63. The van der Waals surface area contributed by atoms with Crippen LogP contribution >= 0.6 is 0 Å². The summed E-state index contributed by atoms with van der Waals surface area (Å²) in [5.74, 6) is -0.214. The van der Waals surface area contributed by atoms with E-state index >= 15 is 0 Å². The Morgan fingerprint density at radius 1 is 1.05 bits per heavy atom. The molecular formula is C28H24F3N7O. The number of hydrogen-bond acceptors (Lipinski definition) is 6. The molecule has 39 heavy (non-hydrogen) atoms. The first kappa shape index (κ1) is 26.0. The van der Waals surface area contributed by atoms with Crippen molar-refractivity contribution < 1.29 is 18.0 Å². The molecule has 198 valence electrons. The summed E-state index contributed by atoms with van der Waals surface area (Å²) in [5, 5.41) is 26.7. The Labute approximate surface area is 223 Å². The van der Waals surface area contributed by atoms with Gasteiger partial charge in [-0.3, -0.25) is 15.0 Å². The van der Waals surface area contributed by atoms with Gasteiger partial charge in [0, 0.05) is 17.3 Å². The highest BCUT2D eigenvalue weighted by Gasteiger charge is 2.38. The number of carbonyl (C=O) groups is 1. The topological polar surface area (TPSA) is 111 Å². The van der Waals surface area contributed by atoms with Crippen LogP contribution in [0, 0.1) is 28.6 Å². The van der Waals surface area contributed by atoms with Crippen molar-refractivity contribution in [3.8, 4) is 12.1 Å². The van der Waals surface area contributed by atoms with Gasteiger partial charge in [0.05, 0.1) is 28.8 Å². The molecule has 1 aliphatic carbocycles. The number of fused-ring (bicyclic) bond motifs is 1. The number of hydrogen-bond donors (Lipinski definition) is 1. The number of carbonyl (C=O) groups excluding carboxylic acids is 1. The molecule has 2 aromatic carbocycles. The second kappa shape index (κ2) is 10.3. The first-order chi connectivity index (χ1) is 18.7. The molecule has 3 aromatic rings. The van der Waals surface area contributed by atoms with Crippen molar-refractivity contribution in [3.63, 3.8) is 0 Å². The maximum atomic E-state index is 13.6. The molecule has 11 heteroatoms. The SMILES string of the molecule is CC1=C(C#N)[C@@H](c2ccc(C#N)cc2)n2nc(NC(=O)C3CCCCC3)nc2N1c1cccc(C(F)(F)F)c1. The third-order valence-electron chi connectivity index (χ3n) is 7.18. The van der Waals surface area contributed by atoms with Crippen LogP contribution in [-0.2, 0) is 11.0 Å². The molecule has 1 atom stereocenters. The van der Waals surface area contributed by atoms with E-state index in [2.05, 4.69) is 27.5 Å². The van der Waals surface area contributed by atoms with Crippen molar-refractivity contribution in [3.05, 3.63) is 76.5 Å². The molecule has 0 bridgehead atoms. The van der Waals surface area contributed by atoms with E-state index in [4.69, 9.17) is 0 Å². The van der Waals surface area contributed by atoms with Crippen molar-refractivity contribution in [2.45, 2.75) is 51.2 Å². The molecule has 2 heterocycles. The van der Waals surface area contributed by atoms with Crippen LogP contribution in [0.2, 0.25) is 0 Å². The predicted molar refractivity (Wildman–Crippen MR) is 136 cm³/mol. The van der Waals surface area contributed by atoms with Crippen LogP contribution < -0.4 is 10.2 Å². The monoisotopic (exact) mass is 531 g/mol. The van der Waals surface area contributed by atoms with Crippen LogP contribution in [0.3, 0.4) is 0 Å². The fraction of sp³-hybridized carbons (Fsp3) is 0.321. The molecule has 0 saturated heterocycles. The normalized spacial score (nSPS) is 17.8. The minimum absolute atomic E-state index is 0.00295. The molecular weight excluding hydrogens is 507 g/mol. The molecule has 1 N–H and O–H groups in total. The van der Waals surface area contributed by atoms with Gasteiger partial charge in [-0.15, -0.1) is 5.10 Å². The first-order valence-corrected chi connectivity index (χ1v) is 12.6. The molecule has 0 unspecified atom stereocenters. The third-order valence-corrected chi connectivity index (χ3v) is 7.18. The zero-order valence-corrected chi connectivity index (χ0v) is 21.0. The van der Waals surface area contributed by atoms with Crippen LogP contribution in [-0.4, -0.2) is 20.7 Å². The first-order valence-electron chi connectivity index (χ1n) is 12.6. The summed E-state index contributed by atoms with van der Waals surface area (Å²) in [7, 11) is 0. The summed E-state index contributed by atoms with van der Waals surface area (Å²) in [5.41, 5.74) is 0.962. The fourth-order valence-electron chi connectivity index (χ4n) is 5.18. The second-order valence-corrected chi connectivity index (χ2v) is 9.63. The van der Waals surface area contributed by atoms with Crippen molar-refractivity contribution in [2.24, 2.45) is 5.92 Å². The van der Waals surface area contributed by atoms with Gasteiger partial charge >= 0.3 is 6.18 Å². The summed E-state index contributed by atoms with van der Waals surface area (Å²) in [6.07, 6.45) is -0.0279. The van der Waals surface area contributed by atoms with Gasteiger partial charge in [0.15, 0.2) is 0 Å². The Balaban J connectivity index is 1.64. The molecule has 1 amide bonds. The van der Waals surface area contributed by atoms with Gasteiger partial charge in [-0.05, 0) is 55.7 Å². The van der Waals surface area contributed by atoms with Gasteiger partial charge in [0.1, 0.15) is 6.04 Å². The van der Waals surface area contributed by atoms with E-state index < -0.39 is 17.8 Å². The lowest BCUT2D eigenvalue weighted by Crippen LogP contribution is -2.31. The summed E-state index contributed by atoms with van der Waals surface area (Å²) < 4.78 is 42.1. The number of nitriles is 2. The molecule has 5 rings (SSSR count). The smallest absolute Gasteiger partial charge is 0.293 e. The molecule has 1 aromatic heterocycles. The van der Waals surface area contributed by atoms with Crippen LogP contribution in [0.1, 0.15) is 61.8 Å². The fourth-order valence-corrected chi connectivity index (χ4v) is 5.18. The highest BCUT2D eigenvalue weighted by molar-refractivity contribution is 5.91. The molecule has 2 aliphatic rings. The van der Waals surface area contributed by atoms with Crippen molar-refractivity contribution in [1.29, 1.82) is 10.5 Å². The lowest BCUT2D eigenvalue weighted by Gasteiger charge is -2.34.